The van der Waals surface area contributed by atoms with Gasteiger partial charge in [0.1, 0.15) is 0 Å². The predicted molar refractivity (Wildman–Crippen MR) is 107 cm³/mol. The van der Waals surface area contributed by atoms with Crippen LogP contribution >= 0.6 is 0 Å². The van der Waals surface area contributed by atoms with E-state index in [9.17, 15) is 10.1 Å². The van der Waals surface area contributed by atoms with E-state index in [0.717, 1.165) is 16.9 Å². The lowest BCUT2D eigenvalue weighted by molar-refractivity contribution is -0.384. The van der Waals surface area contributed by atoms with Gasteiger partial charge in [-0.2, -0.15) is 0 Å². The molecular weight excluding hydrogens is 326 g/mol. The van der Waals surface area contributed by atoms with Crippen LogP contribution in [0.3, 0.4) is 0 Å². The minimum absolute atomic E-state index is 0.0951. The van der Waals surface area contributed by atoms with Gasteiger partial charge < -0.3 is 5.32 Å². The number of nitrogens with zero attached hydrogens (tertiary/aromatic N) is 2. The van der Waals surface area contributed by atoms with Crippen LogP contribution in [-0.4, -0.2) is 17.2 Å². The Balaban J connectivity index is 1.52. The first-order valence-corrected chi connectivity index (χ1v) is 9.02. The fourth-order valence-corrected chi connectivity index (χ4v) is 3.12. The molecule has 1 saturated carbocycles. The maximum atomic E-state index is 10.6. The third-order valence-corrected chi connectivity index (χ3v) is 4.55. The Hall–Kier alpha value is -2.95. The Morgan fingerprint density at radius 1 is 1.00 bits per heavy atom. The van der Waals surface area contributed by atoms with Crippen molar-refractivity contribution in [2.45, 2.75) is 38.1 Å². The van der Waals surface area contributed by atoms with Crippen molar-refractivity contribution in [1.29, 1.82) is 0 Å². The molecule has 0 radical (unpaired) electrons. The Morgan fingerprint density at radius 2 is 1.69 bits per heavy atom. The SMILES string of the molecule is O=[N+]([O-])c1ccc(/C=C/C=Nc2ccc(NC3CCCCC3)cc2)cc1. The van der Waals surface area contributed by atoms with Crippen LogP contribution in [0.4, 0.5) is 17.1 Å². The van der Waals surface area contributed by atoms with Gasteiger partial charge in [0.05, 0.1) is 10.6 Å². The second-order valence-electron chi connectivity index (χ2n) is 6.51. The fourth-order valence-electron chi connectivity index (χ4n) is 3.12. The number of nitro groups is 1. The monoisotopic (exact) mass is 349 g/mol. The average molecular weight is 349 g/mol. The lowest BCUT2D eigenvalue weighted by Crippen LogP contribution is -2.21. The van der Waals surface area contributed by atoms with Crippen LogP contribution < -0.4 is 5.32 Å². The first-order chi connectivity index (χ1) is 12.7. The Morgan fingerprint density at radius 3 is 2.35 bits per heavy atom. The second-order valence-corrected chi connectivity index (χ2v) is 6.51. The molecule has 134 valence electrons. The molecule has 0 unspecified atom stereocenters. The largest absolute Gasteiger partial charge is 0.382 e. The van der Waals surface area contributed by atoms with Crippen molar-refractivity contribution in [2.24, 2.45) is 4.99 Å². The fraction of sp³-hybridized carbons (Fsp3) is 0.286. The summed E-state index contributed by atoms with van der Waals surface area (Å²) in [4.78, 5) is 14.6. The number of non-ortho nitro benzene ring substituents is 1. The molecule has 0 aliphatic heterocycles. The van der Waals surface area contributed by atoms with Gasteiger partial charge in [-0.05, 0) is 60.9 Å². The van der Waals surface area contributed by atoms with Crippen LogP contribution in [0.15, 0.2) is 59.6 Å². The summed E-state index contributed by atoms with van der Waals surface area (Å²) in [5.41, 5.74) is 3.04. The van der Waals surface area contributed by atoms with Gasteiger partial charge in [0.25, 0.3) is 5.69 Å². The van der Waals surface area contributed by atoms with E-state index in [1.807, 2.05) is 24.3 Å². The summed E-state index contributed by atoms with van der Waals surface area (Å²) in [6.45, 7) is 0. The first kappa shape index (κ1) is 17.9. The third kappa shape index (κ3) is 5.28. The van der Waals surface area contributed by atoms with Gasteiger partial charge in [-0.1, -0.05) is 25.3 Å². The minimum atomic E-state index is -0.401. The molecule has 0 atom stereocenters. The van der Waals surface area contributed by atoms with E-state index in [-0.39, 0.29) is 5.69 Å². The Bertz CT molecular complexity index is 774. The molecule has 26 heavy (non-hydrogen) atoms. The van der Waals surface area contributed by atoms with Gasteiger partial charge in [0, 0.05) is 30.1 Å². The smallest absolute Gasteiger partial charge is 0.269 e. The van der Waals surface area contributed by atoms with E-state index in [4.69, 9.17) is 0 Å². The van der Waals surface area contributed by atoms with Crippen molar-refractivity contribution in [3.63, 3.8) is 0 Å². The van der Waals surface area contributed by atoms with Gasteiger partial charge in [0.15, 0.2) is 0 Å². The minimum Gasteiger partial charge on any atom is -0.382 e. The van der Waals surface area contributed by atoms with Gasteiger partial charge in [-0.3, -0.25) is 15.1 Å². The van der Waals surface area contributed by atoms with E-state index < -0.39 is 4.92 Å². The zero-order chi connectivity index (χ0) is 18.2. The Labute approximate surface area is 153 Å². The molecule has 0 saturated heterocycles. The number of nitro benzene ring substituents is 1. The molecule has 5 heteroatoms. The summed E-state index contributed by atoms with van der Waals surface area (Å²) in [6, 6.07) is 15.2. The number of aliphatic imine (C=N–C) groups is 1. The van der Waals surface area contributed by atoms with Crippen molar-refractivity contribution in [3.8, 4) is 0 Å². The molecule has 2 aromatic rings. The van der Waals surface area contributed by atoms with Crippen molar-refractivity contribution >= 4 is 29.4 Å². The molecule has 1 N–H and O–H groups in total. The number of hydrogen-bond donors (Lipinski definition) is 1. The van der Waals surface area contributed by atoms with Crippen LogP contribution in [0, 0.1) is 10.1 Å². The van der Waals surface area contributed by atoms with Crippen LogP contribution in [0.5, 0.6) is 0 Å². The normalized spacial score (nSPS) is 15.5. The van der Waals surface area contributed by atoms with Crippen LogP contribution in [0.2, 0.25) is 0 Å². The summed E-state index contributed by atoms with van der Waals surface area (Å²) in [7, 11) is 0. The number of nitrogens with one attached hydrogen (secondary N) is 1. The predicted octanol–water partition coefficient (Wildman–Crippen LogP) is 5.76. The van der Waals surface area contributed by atoms with Gasteiger partial charge in [-0.25, -0.2) is 0 Å². The molecule has 3 rings (SSSR count). The molecular formula is C21H23N3O2. The van der Waals surface area contributed by atoms with Crippen LogP contribution in [0.25, 0.3) is 6.08 Å². The molecule has 0 amide bonds. The molecule has 0 spiro atoms. The molecule has 0 heterocycles. The highest BCUT2D eigenvalue weighted by atomic mass is 16.6. The summed E-state index contributed by atoms with van der Waals surface area (Å²) >= 11 is 0. The number of anilines is 1. The lowest BCUT2D eigenvalue weighted by Gasteiger charge is -2.23. The van der Waals surface area contributed by atoms with E-state index in [1.165, 1.54) is 44.2 Å². The van der Waals surface area contributed by atoms with Crippen molar-refractivity contribution in [2.75, 3.05) is 5.32 Å². The van der Waals surface area contributed by atoms with Crippen LogP contribution in [-0.2, 0) is 0 Å². The summed E-state index contributed by atoms with van der Waals surface area (Å²) < 4.78 is 0. The summed E-state index contributed by atoms with van der Waals surface area (Å²) in [6.07, 6.45) is 11.9. The molecule has 0 aromatic heterocycles. The zero-order valence-corrected chi connectivity index (χ0v) is 14.7. The van der Waals surface area contributed by atoms with Crippen molar-refractivity contribution in [3.05, 3.63) is 70.3 Å². The molecule has 2 aromatic carbocycles. The van der Waals surface area contributed by atoms with Crippen molar-refractivity contribution in [1.82, 2.24) is 0 Å². The number of benzene rings is 2. The standard InChI is InChI=1S/C21H23N3O2/c25-24(26)21-14-8-17(9-15-21)5-4-16-22-18-10-12-20(13-11-18)23-19-6-2-1-3-7-19/h4-5,8-16,19,23H,1-3,6-7H2/b5-4+,22-16?. The van der Waals surface area contributed by atoms with E-state index in [0.29, 0.717) is 6.04 Å². The first-order valence-electron chi connectivity index (χ1n) is 9.02. The number of hydrogen-bond acceptors (Lipinski definition) is 4. The molecule has 5 nitrogen and oxygen atoms in total. The number of rotatable bonds is 6. The molecule has 1 fully saturated rings. The maximum absolute atomic E-state index is 10.6. The highest BCUT2D eigenvalue weighted by Crippen LogP contribution is 2.23. The number of allylic oxidation sites excluding steroid dienone is 1. The van der Waals surface area contributed by atoms with Gasteiger partial charge >= 0.3 is 0 Å². The topological polar surface area (TPSA) is 67.5 Å². The highest BCUT2D eigenvalue weighted by Gasteiger charge is 2.12. The zero-order valence-electron chi connectivity index (χ0n) is 14.7. The summed E-state index contributed by atoms with van der Waals surface area (Å²) in [5, 5.41) is 14.2. The molecule has 1 aliphatic carbocycles. The van der Waals surface area contributed by atoms with Gasteiger partial charge in [-0.15, -0.1) is 0 Å². The van der Waals surface area contributed by atoms with Crippen LogP contribution in [0.1, 0.15) is 37.7 Å². The Kier molecular flexibility index (Phi) is 6.14. The maximum Gasteiger partial charge on any atom is 0.269 e. The second kappa shape index (κ2) is 8.94. The van der Waals surface area contributed by atoms with Gasteiger partial charge in [0.2, 0.25) is 0 Å². The van der Waals surface area contributed by atoms with E-state index >= 15 is 0 Å². The molecule has 1 aliphatic rings. The quantitative estimate of drug-likeness (QED) is 0.410. The average Bonchev–Trinajstić information content (AvgIpc) is 2.68. The molecule has 0 bridgehead atoms. The summed E-state index contributed by atoms with van der Waals surface area (Å²) in [5.74, 6) is 0. The van der Waals surface area contributed by atoms with Crippen molar-refractivity contribution < 1.29 is 4.92 Å². The third-order valence-electron chi connectivity index (χ3n) is 4.55. The van der Waals surface area contributed by atoms with E-state index in [1.54, 1.807) is 18.3 Å². The highest BCUT2D eigenvalue weighted by molar-refractivity contribution is 5.80. The van der Waals surface area contributed by atoms with E-state index in [2.05, 4.69) is 22.4 Å². The lowest BCUT2D eigenvalue weighted by atomic mass is 9.95.